The van der Waals surface area contributed by atoms with Gasteiger partial charge in [0.2, 0.25) is 0 Å². The number of nitrogens with zero attached hydrogens (tertiary/aromatic N) is 1. The van der Waals surface area contributed by atoms with Crippen LogP contribution in [0.1, 0.15) is 20.9 Å². The summed E-state index contributed by atoms with van der Waals surface area (Å²) >= 11 is 0.979. The molecule has 0 saturated carbocycles. The number of thiazole rings is 1. The molecule has 0 fully saturated rings. The average Bonchev–Trinajstić information content (AvgIpc) is 3.18. The highest BCUT2D eigenvalue weighted by molar-refractivity contribution is 7.93. The van der Waals surface area contributed by atoms with Crippen molar-refractivity contribution in [1.29, 1.82) is 0 Å². The Morgan fingerprint density at radius 3 is 2.33 bits per heavy atom. The molecule has 3 aromatic rings. The Labute approximate surface area is 196 Å². The van der Waals surface area contributed by atoms with Crippen LogP contribution in [0, 0.1) is 6.92 Å². The van der Waals surface area contributed by atoms with Crippen molar-refractivity contribution in [3.63, 3.8) is 0 Å². The van der Waals surface area contributed by atoms with E-state index in [1.807, 2.05) is 18.2 Å². The van der Waals surface area contributed by atoms with Crippen molar-refractivity contribution in [2.75, 3.05) is 32.6 Å². The van der Waals surface area contributed by atoms with Crippen LogP contribution in [0.3, 0.4) is 0 Å². The third kappa shape index (κ3) is 5.93. The largest absolute Gasteiger partial charge is 0.497 e. The minimum Gasteiger partial charge on any atom is -0.497 e. The monoisotopic (exact) mass is 491 g/mol. The van der Waals surface area contributed by atoms with Crippen LogP contribution in [0.5, 0.6) is 17.2 Å². The van der Waals surface area contributed by atoms with Crippen LogP contribution in [-0.2, 0) is 16.4 Å². The molecule has 3 rings (SSSR count). The number of aromatic nitrogens is 1. The molecule has 0 unspecified atom stereocenters. The number of anilines is 1. The summed E-state index contributed by atoms with van der Waals surface area (Å²) in [5, 5.41) is 2.96. The van der Waals surface area contributed by atoms with Gasteiger partial charge in [0.1, 0.15) is 10.6 Å². The second-order valence-corrected chi connectivity index (χ2v) is 9.59. The van der Waals surface area contributed by atoms with Crippen molar-refractivity contribution in [2.45, 2.75) is 18.2 Å². The lowest BCUT2D eigenvalue weighted by Gasteiger charge is -2.10. The van der Waals surface area contributed by atoms with E-state index < -0.39 is 10.0 Å². The third-order valence-electron chi connectivity index (χ3n) is 4.74. The molecule has 0 saturated heterocycles. The summed E-state index contributed by atoms with van der Waals surface area (Å²) in [7, 11) is 0.792. The molecular weight excluding hydrogens is 466 g/mol. The van der Waals surface area contributed by atoms with E-state index in [-0.39, 0.29) is 15.9 Å². The third-order valence-corrected chi connectivity index (χ3v) is 7.30. The van der Waals surface area contributed by atoms with Crippen molar-refractivity contribution < 1.29 is 27.4 Å². The number of methoxy groups -OCH3 is 3. The fraction of sp³-hybridized carbons (Fsp3) is 0.273. The summed E-state index contributed by atoms with van der Waals surface area (Å²) in [4.78, 5) is 17.2. The summed E-state index contributed by atoms with van der Waals surface area (Å²) in [5.41, 5.74) is 1.41. The first kappa shape index (κ1) is 24.3. The number of benzene rings is 2. The van der Waals surface area contributed by atoms with Gasteiger partial charge < -0.3 is 19.5 Å². The van der Waals surface area contributed by atoms with E-state index in [1.165, 1.54) is 19.2 Å². The van der Waals surface area contributed by atoms with Crippen LogP contribution < -0.4 is 24.2 Å². The fourth-order valence-electron chi connectivity index (χ4n) is 3.02. The van der Waals surface area contributed by atoms with Crippen LogP contribution in [-0.4, -0.2) is 47.2 Å². The number of hydrogen-bond acceptors (Lipinski definition) is 8. The Kier molecular flexibility index (Phi) is 7.77. The van der Waals surface area contributed by atoms with Crippen molar-refractivity contribution in [2.24, 2.45) is 0 Å². The first-order valence-corrected chi connectivity index (χ1v) is 12.2. The van der Waals surface area contributed by atoms with Crippen molar-refractivity contribution >= 4 is 32.4 Å². The number of amides is 1. The zero-order valence-corrected chi connectivity index (χ0v) is 20.3. The summed E-state index contributed by atoms with van der Waals surface area (Å²) < 4.78 is 43.2. The Morgan fingerprint density at radius 1 is 1.00 bits per heavy atom. The highest BCUT2D eigenvalue weighted by Crippen LogP contribution is 2.28. The smallest absolute Gasteiger partial charge is 0.263 e. The van der Waals surface area contributed by atoms with Crippen LogP contribution in [0.2, 0.25) is 0 Å². The van der Waals surface area contributed by atoms with Gasteiger partial charge in [0.15, 0.2) is 16.6 Å². The maximum Gasteiger partial charge on any atom is 0.263 e. The molecule has 0 aliphatic rings. The maximum atomic E-state index is 12.6. The summed E-state index contributed by atoms with van der Waals surface area (Å²) in [6, 6.07) is 11.5. The van der Waals surface area contributed by atoms with Crippen molar-refractivity contribution in [3.05, 3.63) is 58.6 Å². The second-order valence-electron chi connectivity index (χ2n) is 6.91. The SMILES string of the molecule is COc1ccc(S(=O)(=O)Nc2nc(C)c(C(=O)NCCc3ccc(OC)c(OC)c3)s2)cc1. The number of carbonyl (C=O) groups excluding carboxylic acids is 1. The van der Waals surface area contributed by atoms with Gasteiger partial charge in [0.05, 0.1) is 31.9 Å². The van der Waals surface area contributed by atoms with Gasteiger partial charge in [-0.2, -0.15) is 0 Å². The van der Waals surface area contributed by atoms with Gasteiger partial charge in [0, 0.05) is 6.54 Å². The number of carbonyl (C=O) groups is 1. The van der Waals surface area contributed by atoms with Gasteiger partial charge in [-0.05, 0) is 55.3 Å². The molecule has 1 amide bonds. The molecule has 33 heavy (non-hydrogen) atoms. The minimum atomic E-state index is -3.84. The highest BCUT2D eigenvalue weighted by Gasteiger charge is 2.20. The first-order valence-electron chi connectivity index (χ1n) is 9.90. The molecule has 2 aromatic carbocycles. The average molecular weight is 492 g/mol. The standard InChI is InChI=1S/C22H25N3O6S2/c1-14-20(21(26)23-12-11-15-5-10-18(30-3)19(13-15)31-4)32-22(24-14)25-33(27,28)17-8-6-16(29-2)7-9-17/h5-10,13H,11-12H2,1-4H3,(H,23,26)(H,24,25). The summed E-state index contributed by atoms with van der Waals surface area (Å²) in [6.07, 6.45) is 0.584. The molecule has 0 bridgehead atoms. The normalized spacial score (nSPS) is 11.0. The van der Waals surface area contributed by atoms with Gasteiger partial charge in [-0.3, -0.25) is 9.52 Å². The molecule has 176 valence electrons. The molecule has 11 heteroatoms. The molecule has 1 heterocycles. The Bertz CT molecular complexity index is 1220. The number of sulfonamides is 1. The van der Waals surface area contributed by atoms with Crippen LogP contribution >= 0.6 is 11.3 Å². The van der Waals surface area contributed by atoms with Gasteiger partial charge in [-0.1, -0.05) is 17.4 Å². The van der Waals surface area contributed by atoms with Crippen molar-refractivity contribution in [1.82, 2.24) is 10.3 Å². The van der Waals surface area contributed by atoms with Gasteiger partial charge >= 0.3 is 0 Å². The molecule has 2 N–H and O–H groups in total. The minimum absolute atomic E-state index is 0.0667. The number of ether oxygens (including phenoxy) is 3. The van der Waals surface area contributed by atoms with E-state index in [0.717, 1.165) is 16.9 Å². The molecular formula is C22H25N3O6S2. The lowest BCUT2D eigenvalue weighted by Crippen LogP contribution is -2.25. The lowest BCUT2D eigenvalue weighted by atomic mass is 10.1. The van der Waals surface area contributed by atoms with E-state index in [0.29, 0.717) is 40.8 Å². The quantitative estimate of drug-likeness (QED) is 0.447. The molecule has 0 spiro atoms. The predicted molar refractivity (Wildman–Crippen MR) is 126 cm³/mol. The van der Waals surface area contributed by atoms with E-state index >= 15 is 0 Å². The molecule has 9 nitrogen and oxygen atoms in total. The predicted octanol–water partition coefficient (Wildman–Crippen LogP) is 3.25. The number of aryl methyl sites for hydroxylation is 1. The number of rotatable bonds is 10. The molecule has 0 atom stereocenters. The van der Waals surface area contributed by atoms with Gasteiger partial charge in [0.25, 0.3) is 15.9 Å². The van der Waals surface area contributed by atoms with Crippen LogP contribution in [0.4, 0.5) is 5.13 Å². The van der Waals surface area contributed by atoms with Crippen LogP contribution in [0.15, 0.2) is 47.4 Å². The van der Waals surface area contributed by atoms with Gasteiger partial charge in [-0.15, -0.1) is 0 Å². The van der Waals surface area contributed by atoms with Crippen molar-refractivity contribution in [3.8, 4) is 17.2 Å². The summed E-state index contributed by atoms with van der Waals surface area (Å²) in [6.45, 7) is 2.05. The first-order chi connectivity index (χ1) is 15.8. The fourth-order valence-corrected chi connectivity index (χ4v) is 5.13. The zero-order chi connectivity index (χ0) is 24.0. The van der Waals surface area contributed by atoms with E-state index in [4.69, 9.17) is 14.2 Å². The maximum absolute atomic E-state index is 12.6. The Morgan fingerprint density at radius 2 is 1.70 bits per heavy atom. The van der Waals surface area contributed by atoms with E-state index in [2.05, 4.69) is 15.0 Å². The summed E-state index contributed by atoms with van der Waals surface area (Å²) in [5.74, 6) is 1.48. The van der Waals surface area contributed by atoms with E-state index in [9.17, 15) is 13.2 Å². The number of hydrogen-bond donors (Lipinski definition) is 2. The highest BCUT2D eigenvalue weighted by atomic mass is 32.2. The lowest BCUT2D eigenvalue weighted by molar-refractivity contribution is 0.0957. The molecule has 0 aliphatic carbocycles. The molecule has 1 aromatic heterocycles. The Hall–Kier alpha value is -3.31. The second kappa shape index (κ2) is 10.5. The van der Waals surface area contributed by atoms with Gasteiger partial charge in [-0.25, -0.2) is 13.4 Å². The van der Waals surface area contributed by atoms with E-state index in [1.54, 1.807) is 33.3 Å². The topological polar surface area (TPSA) is 116 Å². The molecule has 0 aliphatic heterocycles. The van der Waals surface area contributed by atoms with Crippen LogP contribution in [0.25, 0.3) is 0 Å². The number of nitrogens with one attached hydrogen (secondary N) is 2. The molecule has 0 radical (unpaired) electrons. The Balaban J connectivity index is 1.62. The zero-order valence-electron chi connectivity index (χ0n) is 18.7.